The van der Waals surface area contributed by atoms with Crippen LogP contribution in [-0.4, -0.2) is 18.5 Å². The van der Waals surface area contributed by atoms with Crippen LogP contribution in [0.1, 0.15) is 16.9 Å². The van der Waals surface area contributed by atoms with E-state index in [0.717, 1.165) is 0 Å². The predicted octanol–water partition coefficient (Wildman–Crippen LogP) is 3.72. The van der Waals surface area contributed by atoms with E-state index >= 15 is 0 Å². The van der Waals surface area contributed by atoms with Crippen molar-refractivity contribution in [1.29, 1.82) is 0 Å². The molecule has 12 heteroatoms. The molecule has 1 aromatic heterocycles. The average molecular weight is 410 g/mol. The number of amides is 3. The van der Waals surface area contributed by atoms with E-state index in [1.807, 2.05) is 0 Å². The van der Waals surface area contributed by atoms with Crippen molar-refractivity contribution in [3.8, 4) is 5.75 Å². The zero-order valence-electron chi connectivity index (χ0n) is 13.8. The van der Waals surface area contributed by atoms with Crippen LogP contribution in [0.4, 0.5) is 31.1 Å². The molecule has 0 fully saturated rings. The van der Waals surface area contributed by atoms with E-state index in [0.29, 0.717) is 17.9 Å². The van der Waals surface area contributed by atoms with Gasteiger partial charge >= 0.3 is 18.4 Å². The highest BCUT2D eigenvalue weighted by atomic mass is 19.4. The van der Waals surface area contributed by atoms with Gasteiger partial charge in [0, 0.05) is 0 Å². The molecule has 0 aliphatic carbocycles. The summed E-state index contributed by atoms with van der Waals surface area (Å²) < 4.78 is 86.1. The zero-order valence-corrected chi connectivity index (χ0v) is 13.8. The fourth-order valence-corrected chi connectivity index (χ4v) is 1.95. The molecule has 3 amide bonds. The summed E-state index contributed by atoms with van der Waals surface area (Å²) in [7, 11) is 0. The standard InChI is InChI=1S/C16H12F6N2O4/c17-15(18,19)9-4-10(16(20,21)22)6-12(5-9)28-8-13(25)24-14(26)23-7-11-2-1-3-27-11/h1-6H,7-8H2,(H2,23,24,25,26). The minimum absolute atomic E-state index is 0.0461. The van der Waals surface area contributed by atoms with E-state index in [-0.39, 0.29) is 12.6 Å². The van der Waals surface area contributed by atoms with E-state index in [4.69, 9.17) is 4.42 Å². The molecule has 2 aromatic rings. The summed E-state index contributed by atoms with van der Waals surface area (Å²) in [6.45, 7) is -1.03. The molecule has 1 aromatic carbocycles. The van der Waals surface area contributed by atoms with Crippen molar-refractivity contribution in [1.82, 2.24) is 10.6 Å². The number of ether oxygens (including phenoxy) is 1. The van der Waals surface area contributed by atoms with Crippen molar-refractivity contribution in [2.75, 3.05) is 6.61 Å². The Balaban J connectivity index is 1.96. The fourth-order valence-electron chi connectivity index (χ4n) is 1.95. The second-order valence-corrected chi connectivity index (χ2v) is 5.34. The fraction of sp³-hybridized carbons (Fsp3) is 0.250. The molecule has 0 aliphatic heterocycles. The first-order valence-corrected chi connectivity index (χ1v) is 7.47. The minimum Gasteiger partial charge on any atom is -0.484 e. The van der Waals surface area contributed by atoms with Gasteiger partial charge in [-0.3, -0.25) is 10.1 Å². The van der Waals surface area contributed by atoms with Gasteiger partial charge in [-0.1, -0.05) is 0 Å². The summed E-state index contributed by atoms with van der Waals surface area (Å²) in [6, 6.07) is 2.73. The van der Waals surface area contributed by atoms with Crippen LogP contribution in [0.2, 0.25) is 0 Å². The second kappa shape index (κ2) is 8.23. The topological polar surface area (TPSA) is 80.6 Å². The smallest absolute Gasteiger partial charge is 0.416 e. The van der Waals surface area contributed by atoms with Crippen molar-refractivity contribution in [2.24, 2.45) is 0 Å². The Hall–Kier alpha value is -3.18. The van der Waals surface area contributed by atoms with Gasteiger partial charge in [0.2, 0.25) is 0 Å². The Morgan fingerprint density at radius 1 is 1.00 bits per heavy atom. The number of nitrogens with one attached hydrogen (secondary N) is 2. The van der Waals surface area contributed by atoms with Crippen LogP contribution in [0.15, 0.2) is 41.0 Å². The van der Waals surface area contributed by atoms with Gasteiger partial charge in [0.05, 0.1) is 23.9 Å². The lowest BCUT2D eigenvalue weighted by Gasteiger charge is -2.14. The lowest BCUT2D eigenvalue weighted by atomic mass is 10.1. The molecule has 0 unspecified atom stereocenters. The summed E-state index contributed by atoms with van der Waals surface area (Å²) in [5, 5.41) is 4.06. The molecule has 0 bridgehead atoms. The van der Waals surface area contributed by atoms with Gasteiger partial charge in [0.15, 0.2) is 6.61 Å². The summed E-state index contributed by atoms with van der Waals surface area (Å²) in [6.07, 6.45) is -8.74. The quantitative estimate of drug-likeness (QED) is 0.737. The van der Waals surface area contributed by atoms with Crippen LogP contribution in [0.5, 0.6) is 5.75 Å². The predicted molar refractivity (Wildman–Crippen MR) is 81.0 cm³/mol. The summed E-state index contributed by atoms with van der Waals surface area (Å²) in [5.74, 6) is -1.52. The summed E-state index contributed by atoms with van der Waals surface area (Å²) >= 11 is 0. The number of carbonyl (C=O) groups is 2. The Labute approximate surface area is 153 Å². The van der Waals surface area contributed by atoms with Gasteiger partial charge in [0.1, 0.15) is 11.5 Å². The number of alkyl halides is 6. The third-order valence-electron chi connectivity index (χ3n) is 3.19. The number of imide groups is 1. The summed E-state index contributed by atoms with van der Waals surface area (Å²) in [4.78, 5) is 23.1. The Bertz CT molecular complexity index is 798. The van der Waals surface area contributed by atoms with Gasteiger partial charge in [-0.15, -0.1) is 0 Å². The molecule has 0 atom stereocenters. The van der Waals surface area contributed by atoms with Crippen LogP contribution in [0.25, 0.3) is 0 Å². The number of carbonyl (C=O) groups excluding carboxylic acids is 2. The maximum Gasteiger partial charge on any atom is 0.416 e. The molecular weight excluding hydrogens is 398 g/mol. The lowest BCUT2D eigenvalue weighted by Crippen LogP contribution is -2.41. The van der Waals surface area contributed by atoms with Crippen LogP contribution in [-0.2, 0) is 23.7 Å². The van der Waals surface area contributed by atoms with E-state index in [1.54, 1.807) is 17.4 Å². The van der Waals surface area contributed by atoms with Gasteiger partial charge in [0.25, 0.3) is 5.91 Å². The molecule has 6 nitrogen and oxygen atoms in total. The Morgan fingerprint density at radius 2 is 1.61 bits per heavy atom. The third kappa shape index (κ3) is 6.21. The maximum absolute atomic E-state index is 12.7. The van der Waals surface area contributed by atoms with Crippen LogP contribution < -0.4 is 15.4 Å². The summed E-state index contributed by atoms with van der Waals surface area (Å²) in [5.41, 5.74) is -3.18. The zero-order chi connectivity index (χ0) is 20.9. The number of furan rings is 1. The maximum atomic E-state index is 12.7. The van der Waals surface area contributed by atoms with Crippen LogP contribution >= 0.6 is 0 Å². The highest BCUT2D eigenvalue weighted by Gasteiger charge is 2.37. The molecule has 1 heterocycles. The van der Waals surface area contributed by atoms with Crippen LogP contribution in [0, 0.1) is 0 Å². The van der Waals surface area contributed by atoms with Gasteiger partial charge in [-0.25, -0.2) is 4.79 Å². The van der Waals surface area contributed by atoms with Crippen LogP contribution in [0.3, 0.4) is 0 Å². The van der Waals surface area contributed by atoms with Crippen molar-refractivity contribution in [2.45, 2.75) is 18.9 Å². The molecule has 28 heavy (non-hydrogen) atoms. The normalized spacial score (nSPS) is 11.8. The van der Waals surface area contributed by atoms with E-state index < -0.39 is 47.8 Å². The Morgan fingerprint density at radius 3 is 2.11 bits per heavy atom. The number of halogens is 6. The molecule has 0 aliphatic rings. The largest absolute Gasteiger partial charge is 0.484 e. The molecule has 2 rings (SSSR count). The molecule has 0 spiro atoms. The third-order valence-corrected chi connectivity index (χ3v) is 3.19. The highest BCUT2D eigenvalue weighted by molar-refractivity contribution is 5.94. The molecule has 0 saturated carbocycles. The number of hydrogen-bond acceptors (Lipinski definition) is 4. The first-order chi connectivity index (χ1) is 12.9. The minimum atomic E-state index is -5.05. The molecule has 0 saturated heterocycles. The van der Waals surface area contributed by atoms with Gasteiger partial charge in [-0.05, 0) is 30.3 Å². The molecule has 0 radical (unpaired) electrons. The molecule has 2 N–H and O–H groups in total. The van der Waals surface area contributed by atoms with Gasteiger partial charge in [-0.2, -0.15) is 26.3 Å². The number of benzene rings is 1. The average Bonchev–Trinajstić information content (AvgIpc) is 3.10. The first kappa shape index (κ1) is 21.1. The van der Waals surface area contributed by atoms with E-state index in [1.165, 1.54) is 6.26 Å². The number of hydrogen-bond donors (Lipinski definition) is 2. The monoisotopic (exact) mass is 410 g/mol. The highest BCUT2D eigenvalue weighted by Crippen LogP contribution is 2.38. The number of rotatable bonds is 5. The molecule has 152 valence electrons. The SMILES string of the molecule is O=C(COc1cc(C(F)(F)F)cc(C(F)(F)F)c1)NC(=O)NCc1ccco1. The van der Waals surface area contributed by atoms with E-state index in [2.05, 4.69) is 10.1 Å². The number of urea groups is 1. The van der Waals surface area contributed by atoms with Crippen molar-refractivity contribution in [3.05, 3.63) is 53.5 Å². The van der Waals surface area contributed by atoms with Crippen molar-refractivity contribution >= 4 is 11.9 Å². The van der Waals surface area contributed by atoms with Crippen molar-refractivity contribution in [3.63, 3.8) is 0 Å². The Kier molecular flexibility index (Phi) is 6.21. The first-order valence-electron chi connectivity index (χ1n) is 7.47. The molecular formula is C16H12F6N2O4. The van der Waals surface area contributed by atoms with E-state index in [9.17, 15) is 35.9 Å². The lowest BCUT2D eigenvalue weighted by molar-refractivity contribution is -0.143. The van der Waals surface area contributed by atoms with Gasteiger partial charge < -0.3 is 14.5 Å². The van der Waals surface area contributed by atoms with Crippen molar-refractivity contribution < 1.29 is 45.1 Å². The second-order valence-electron chi connectivity index (χ2n) is 5.34.